The van der Waals surface area contributed by atoms with Gasteiger partial charge < -0.3 is 4.74 Å². The summed E-state index contributed by atoms with van der Waals surface area (Å²) in [6.45, 7) is 2.19. The summed E-state index contributed by atoms with van der Waals surface area (Å²) in [6.07, 6.45) is 0. The van der Waals surface area contributed by atoms with E-state index in [9.17, 15) is 4.79 Å². The highest BCUT2D eigenvalue weighted by atomic mass is 35.5. The fraction of sp³-hybridized carbons (Fsp3) is 0.176. The average molecular weight is 315 g/mol. The van der Waals surface area contributed by atoms with Crippen molar-refractivity contribution in [1.29, 1.82) is 0 Å². The number of aryl methyl sites for hydroxylation is 1. The molecule has 2 aromatic carbocycles. The van der Waals surface area contributed by atoms with Gasteiger partial charge in [0.25, 0.3) is 5.56 Å². The Morgan fingerprint density at radius 2 is 2.00 bits per heavy atom. The largest absolute Gasteiger partial charge is 0.496 e. The minimum absolute atomic E-state index is 0.0647. The first-order chi connectivity index (χ1) is 10.6. The third kappa shape index (κ3) is 2.57. The van der Waals surface area contributed by atoms with Crippen molar-refractivity contribution in [3.8, 4) is 5.75 Å². The van der Waals surface area contributed by atoms with Crippen molar-refractivity contribution in [2.24, 2.45) is 0 Å². The second kappa shape index (κ2) is 5.81. The lowest BCUT2D eigenvalue weighted by molar-refractivity contribution is 0.408. The first-order valence-electron chi connectivity index (χ1n) is 6.89. The monoisotopic (exact) mass is 314 g/mol. The molecule has 0 saturated heterocycles. The molecule has 112 valence electrons. The van der Waals surface area contributed by atoms with Gasteiger partial charge in [0.2, 0.25) is 0 Å². The SMILES string of the molecule is COc1ccc(Cl)cc1Cn1c(C)nc2ccccc2c1=O. The highest BCUT2D eigenvalue weighted by Gasteiger charge is 2.11. The number of benzene rings is 2. The topological polar surface area (TPSA) is 44.1 Å². The standard InChI is InChI=1S/C17H15ClN2O2/c1-11-19-15-6-4-3-5-14(15)17(21)20(11)10-12-9-13(18)7-8-16(12)22-2/h3-9H,10H2,1-2H3. The molecule has 0 aliphatic heterocycles. The molecule has 1 heterocycles. The molecule has 3 aromatic rings. The van der Waals surface area contributed by atoms with Crippen LogP contribution < -0.4 is 10.3 Å². The van der Waals surface area contributed by atoms with Crippen molar-refractivity contribution in [2.75, 3.05) is 7.11 Å². The van der Waals surface area contributed by atoms with Crippen LogP contribution in [0.5, 0.6) is 5.75 Å². The lowest BCUT2D eigenvalue weighted by Gasteiger charge is -2.13. The summed E-state index contributed by atoms with van der Waals surface area (Å²) in [5.74, 6) is 1.36. The van der Waals surface area contributed by atoms with Crippen molar-refractivity contribution >= 4 is 22.5 Å². The maximum atomic E-state index is 12.7. The summed E-state index contributed by atoms with van der Waals surface area (Å²) in [7, 11) is 1.60. The summed E-state index contributed by atoms with van der Waals surface area (Å²) >= 11 is 6.06. The number of para-hydroxylation sites is 1. The van der Waals surface area contributed by atoms with Gasteiger partial charge in [0.15, 0.2) is 0 Å². The van der Waals surface area contributed by atoms with E-state index >= 15 is 0 Å². The highest BCUT2D eigenvalue weighted by Crippen LogP contribution is 2.23. The fourth-order valence-corrected chi connectivity index (χ4v) is 2.70. The Bertz CT molecular complexity index is 903. The predicted molar refractivity (Wildman–Crippen MR) is 87.8 cm³/mol. The van der Waals surface area contributed by atoms with E-state index in [4.69, 9.17) is 16.3 Å². The zero-order chi connectivity index (χ0) is 15.7. The van der Waals surface area contributed by atoms with Gasteiger partial charge in [0.05, 0.1) is 24.6 Å². The van der Waals surface area contributed by atoms with Crippen LogP contribution in [0.15, 0.2) is 47.3 Å². The van der Waals surface area contributed by atoms with Gasteiger partial charge in [-0.15, -0.1) is 0 Å². The molecule has 0 saturated carbocycles. The zero-order valence-corrected chi connectivity index (χ0v) is 13.1. The molecule has 0 fully saturated rings. The Labute approximate surface area is 132 Å². The first-order valence-corrected chi connectivity index (χ1v) is 7.26. The maximum absolute atomic E-state index is 12.7. The molecule has 0 bridgehead atoms. The molecule has 1 aromatic heterocycles. The molecule has 0 aliphatic rings. The summed E-state index contributed by atoms with van der Waals surface area (Å²) in [5, 5.41) is 1.21. The average Bonchev–Trinajstić information content (AvgIpc) is 2.51. The molecule has 0 atom stereocenters. The summed E-state index contributed by atoms with van der Waals surface area (Å²) < 4.78 is 6.98. The van der Waals surface area contributed by atoms with E-state index in [1.165, 1.54) is 0 Å². The van der Waals surface area contributed by atoms with Gasteiger partial charge in [-0.25, -0.2) is 4.98 Å². The third-order valence-corrected chi connectivity index (χ3v) is 3.86. The zero-order valence-electron chi connectivity index (χ0n) is 12.3. The van der Waals surface area contributed by atoms with Gasteiger partial charge in [0.1, 0.15) is 11.6 Å². The van der Waals surface area contributed by atoms with Gasteiger partial charge in [-0.3, -0.25) is 9.36 Å². The van der Waals surface area contributed by atoms with Crippen LogP contribution in [0.3, 0.4) is 0 Å². The highest BCUT2D eigenvalue weighted by molar-refractivity contribution is 6.30. The normalized spacial score (nSPS) is 10.9. The van der Waals surface area contributed by atoms with E-state index in [1.807, 2.05) is 31.2 Å². The number of ether oxygens (including phenoxy) is 1. The number of aromatic nitrogens is 2. The first kappa shape index (κ1) is 14.6. The van der Waals surface area contributed by atoms with Crippen molar-refractivity contribution in [3.63, 3.8) is 0 Å². The third-order valence-electron chi connectivity index (χ3n) is 3.62. The van der Waals surface area contributed by atoms with Crippen molar-refractivity contribution < 1.29 is 4.74 Å². The maximum Gasteiger partial charge on any atom is 0.261 e. The number of fused-ring (bicyclic) bond motifs is 1. The Hall–Kier alpha value is -2.33. The van der Waals surface area contributed by atoms with Gasteiger partial charge in [-0.05, 0) is 37.3 Å². The van der Waals surface area contributed by atoms with Crippen LogP contribution in [0.2, 0.25) is 5.02 Å². The van der Waals surface area contributed by atoms with Crippen molar-refractivity contribution in [1.82, 2.24) is 9.55 Å². The molecule has 0 amide bonds. The molecule has 0 unspecified atom stereocenters. The fourth-order valence-electron chi connectivity index (χ4n) is 2.51. The van der Waals surface area contributed by atoms with Gasteiger partial charge in [0, 0.05) is 10.6 Å². The van der Waals surface area contributed by atoms with Crippen LogP contribution in [-0.4, -0.2) is 16.7 Å². The van der Waals surface area contributed by atoms with Gasteiger partial charge in [-0.2, -0.15) is 0 Å². The Kier molecular flexibility index (Phi) is 3.86. The predicted octanol–water partition coefficient (Wildman–Crippen LogP) is 3.42. The van der Waals surface area contributed by atoms with E-state index < -0.39 is 0 Å². The van der Waals surface area contributed by atoms with Gasteiger partial charge in [-0.1, -0.05) is 23.7 Å². The summed E-state index contributed by atoms with van der Waals surface area (Å²) in [5.41, 5.74) is 1.49. The van der Waals surface area contributed by atoms with Crippen LogP contribution >= 0.6 is 11.6 Å². The second-order valence-electron chi connectivity index (χ2n) is 5.02. The van der Waals surface area contributed by atoms with Crippen LogP contribution in [0.4, 0.5) is 0 Å². The van der Waals surface area contributed by atoms with Crippen LogP contribution in [0, 0.1) is 6.92 Å². The second-order valence-corrected chi connectivity index (χ2v) is 5.46. The quantitative estimate of drug-likeness (QED) is 0.744. The van der Waals surface area contributed by atoms with E-state index in [-0.39, 0.29) is 5.56 Å². The van der Waals surface area contributed by atoms with E-state index in [0.717, 1.165) is 5.56 Å². The van der Waals surface area contributed by atoms with Gasteiger partial charge >= 0.3 is 0 Å². The molecule has 5 heteroatoms. The molecule has 0 radical (unpaired) electrons. The van der Waals surface area contributed by atoms with Crippen LogP contribution in [0.25, 0.3) is 10.9 Å². The number of halogens is 1. The Morgan fingerprint density at radius 3 is 2.77 bits per heavy atom. The number of hydrogen-bond donors (Lipinski definition) is 0. The Morgan fingerprint density at radius 1 is 1.23 bits per heavy atom. The number of hydrogen-bond acceptors (Lipinski definition) is 3. The summed E-state index contributed by atoms with van der Waals surface area (Å²) in [6, 6.07) is 12.7. The molecule has 0 spiro atoms. The molecular weight excluding hydrogens is 300 g/mol. The number of rotatable bonds is 3. The lowest BCUT2D eigenvalue weighted by Crippen LogP contribution is -2.24. The minimum Gasteiger partial charge on any atom is -0.496 e. The summed E-state index contributed by atoms with van der Waals surface area (Å²) in [4.78, 5) is 17.2. The molecule has 4 nitrogen and oxygen atoms in total. The molecule has 0 N–H and O–H groups in total. The van der Waals surface area contributed by atoms with Crippen molar-refractivity contribution in [2.45, 2.75) is 13.5 Å². The molecular formula is C17H15ClN2O2. The van der Waals surface area contributed by atoms with E-state index in [1.54, 1.807) is 29.9 Å². The number of methoxy groups -OCH3 is 1. The smallest absolute Gasteiger partial charge is 0.261 e. The van der Waals surface area contributed by atoms with Crippen molar-refractivity contribution in [3.05, 3.63) is 69.2 Å². The minimum atomic E-state index is -0.0647. The molecule has 0 aliphatic carbocycles. The molecule has 3 rings (SSSR count). The van der Waals surface area contributed by atoms with E-state index in [0.29, 0.717) is 34.0 Å². The Balaban J connectivity index is 2.16. The van der Waals surface area contributed by atoms with Crippen LogP contribution in [0.1, 0.15) is 11.4 Å². The number of nitrogens with zero attached hydrogens (tertiary/aromatic N) is 2. The van der Waals surface area contributed by atoms with Crippen LogP contribution in [-0.2, 0) is 6.54 Å². The van der Waals surface area contributed by atoms with E-state index in [2.05, 4.69) is 4.98 Å². The molecule has 22 heavy (non-hydrogen) atoms. The lowest BCUT2D eigenvalue weighted by atomic mass is 10.2.